The van der Waals surface area contributed by atoms with Crippen LogP contribution in [0.15, 0.2) is 48.5 Å². The van der Waals surface area contributed by atoms with Gasteiger partial charge in [-0.1, -0.05) is 55.5 Å². The van der Waals surface area contributed by atoms with Crippen LogP contribution in [0.1, 0.15) is 35.1 Å². The Morgan fingerprint density at radius 2 is 1.50 bits per heavy atom. The van der Waals surface area contributed by atoms with Gasteiger partial charge in [-0.2, -0.15) is 0 Å². The predicted molar refractivity (Wildman–Crippen MR) is 69.9 cm³/mol. The Morgan fingerprint density at radius 3 is 2.19 bits per heavy atom. The summed E-state index contributed by atoms with van der Waals surface area (Å²) in [5.41, 5.74) is 5.61. The summed E-state index contributed by atoms with van der Waals surface area (Å²) in [6.07, 6.45) is 0. The average Bonchev–Trinajstić information content (AvgIpc) is 2.33. The van der Waals surface area contributed by atoms with Gasteiger partial charge in [0.25, 0.3) is 0 Å². The number of rotatable bonds is 2. The van der Waals surface area contributed by atoms with Crippen LogP contribution in [0.2, 0.25) is 0 Å². The minimum atomic E-state index is 0.473. The fraction of sp³-hybridized carbons (Fsp3) is 0.250. The highest BCUT2D eigenvalue weighted by molar-refractivity contribution is 5.40. The molecule has 0 amide bonds. The third kappa shape index (κ3) is 2.01. The monoisotopic (exact) mass is 210 g/mol. The Kier molecular flexibility index (Phi) is 3.09. The van der Waals surface area contributed by atoms with Gasteiger partial charge < -0.3 is 0 Å². The summed E-state index contributed by atoms with van der Waals surface area (Å²) in [4.78, 5) is 0. The minimum Gasteiger partial charge on any atom is -0.0622 e. The van der Waals surface area contributed by atoms with Gasteiger partial charge in [0.2, 0.25) is 0 Å². The Hall–Kier alpha value is -1.56. The summed E-state index contributed by atoms with van der Waals surface area (Å²) in [5.74, 6) is 0.473. The smallest absolute Gasteiger partial charge is 0.00637 e. The van der Waals surface area contributed by atoms with Crippen LogP contribution in [0.3, 0.4) is 0 Å². The highest BCUT2D eigenvalue weighted by Crippen LogP contribution is 2.27. The summed E-state index contributed by atoms with van der Waals surface area (Å²) in [6.45, 7) is 6.66. The molecule has 16 heavy (non-hydrogen) atoms. The lowest BCUT2D eigenvalue weighted by molar-refractivity contribution is 0.906. The van der Waals surface area contributed by atoms with E-state index in [0.29, 0.717) is 5.92 Å². The lowest BCUT2D eigenvalue weighted by Gasteiger charge is -2.16. The first-order valence-corrected chi connectivity index (χ1v) is 5.81. The van der Waals surface area contributed by atoms with E-state index in [1.54, 1.807) is 0 Å². The lowest BCUT2D eigenvalue weighted by atomic mass is 9.88. The van der Waals surface area contributed by atoms with Gasteiger partial charge in [0.05, 0.1) is 0 Å². The van der Waals surface area contributed by atoms with Gasteiger partial charge in [0, 0.05) is 5.92 Å². The van der Waals surface area contributed by atoms with Crippen LogP contribution in [0.4, 0.5) is 0 Å². The molecule has 0 fully saturated rings. The Labute approximate surface area is 97.9 Å². The van der Waals surface area contributed by atoms with Gasteiger partial charge >= 0.3 is 0 Å². The van der Waals surface area contributed by atoms with Gasteiger partial charge in [-0.25, -0.2) is 0 Å². The molecule has 2 aromatic carbocycles. The molecule has 2 rings (SSSR count). The molecular formula is C16H18. The second-order valence-corrected chi connectivity index (χ2v) is 4.42. The maximum Gasteiger partial charge on any atom is 0.00637 e. The molecule has 2 aromatic rings. The van der Waals surface area contributed by atoms with Crippen LogP contribution in [-0.4, -0.2) is 0 Å². The fourth-order valence-electron chi connectivity index (χ4n) is 2.16. The van der Waals surface area contributed by atoms with Gasteiger partial charge in [-0.15, -0.1) is 0 Å². The molecule has 0 aliphatic heterocycles. The molecule has 0 spiro atoms. The molecule has 0 heteroatoms. The summed E-state index contributed by atoms with van der Waals surface area (Å²) in [6, 6.07) is 17.2. The first-order valence-electron chi connectivity index (χ1n) is 5.81. The van der Waals surface area contributed by atoms with Crippen LogP contribution >= 0.6 is 0 Å². The Balaban J connectivity index is 2.42. The second kappa shape index (κ2) is 4.52. The topological polar surface area (TPSA) is 0 Å². The van der Waals surface area contributed by atoms with E-state index in [9.17, 15) is 0 Å². The van der Waals surface area contributed by atoms with E-state index in [0.717, 1.165) is 0 Å². The van der Waals surface area contributed by atoms with Crippen LogP contribution < -0.4 is 0 Å². The van der Waals surface area contributed by atoms with Crippen molar-refractivity contribution in [3.8, 4) is 0 Å². The van der Waals surface area contributed by atoms with Crippen molar-refractivity contribution in [2.75, 3.05) is 0 Å². The van der Waals surface area contributed by atoms with Gasteiger partial charge in [-0.3, -0.25) is 0 Å². The van der Waals surface area contributed by atoms with Gasteiger partial charge in [0.15, 0.2) is 0 Å². The van der Waals surface area contributed by atoms with Crippen molar-refractivity contribution in [1.82, 2.24) is 0 Å². The fourth-order valence-corrected chi connectivity index (χ4v) is 2.16. The van der Waals surface area contributed by atoms with Crippen molar-refractivity contribution in [2.24, 2.45) is 0 Å². The maximum absolute atomic E-state index is 2.27. The van der Waals surface area contributed by atoms with Crippen molar-refractivity contribution in [3.63, 3.8) is 0 Å². The third-order valence-corrected chi connectivity index (χ3v) is 3.41. The lowest BCUT2D eigenvalue weighted by Crippen LogP contribution is -1.99. The zero-order chi connectivity index (χ0) is 11.5. The molecule has 0 nitrogen and oxygen atoms in total. The van der Waals surface area contributed by atoms with E-state index in [1.807, 2.05) is 0 Å². The molecule has 0 aliphatic carbocycles. The van der Waals surface area contributed by atoms with Crippen LogP contribution in [0.25, 0.3) is 0 Å². The number of aryl methyl sites for hydroxylation is 1. The molecule has 0 saturated heterocycles. The molecule has 0 aromatic heterocycles. The van der Waals surface area contributed by atoms with Crippen LogP contribution in [-0.2, 0) is 0 Å². The van der Waals surface area contributed by atoms with Crippen molar-refractivity contribution in [2.45, 2.75) is 26.7 Å². The number of hydrogen-bond acceptors (Lipinski definition) is 0. The van der Waals surface area contributed by atoms with E-state index < -0.39 is 0 Å². The average molecular weight is 210 g/mol. The molecule has 82 valence electrons. The van der Waals surface area contributed by atoms with Crippen LogP contribution in [0.5, 0.6) is 0 Å². The molecule has 0 bridgehead atoms. The molecule has 1 atom stereocenters. The van der Waals surface area contributed by atoms with E-state index in [1.165, 1.54) is 22.3 Å². The van der Waals surface area contributed by atoms with Gasteiger partial charge in [-0.05, 0) is 36.1 Å². The maximum atomic E-state index is 2.27. The van der Waals surface area contributed by atoms with Crippen molar-refractivity contribution >= 4 is 0 Å². The number of benzene rings is 2. The Morgan fingerprint density at radius 1 is 0.812 bits per heavy atom. The summed E-state index contributed by atoms with van der Waals surface area (Å²) >= 11 is 0. The first kappa shape index (κ1) is 10.9. The van der Waals surface area contributed by atoms with Crippen molar-refractivity contribution in [1.29, 1.82) is 0 Å². The molecule has 0 N–H and O–H groups in total. The first-order chi connectivity index (χ1) is 7.70. The largest absolute Gasteiger partial charge is 0.0622 e. The minimum absolute atomic E-state index is 0.473. The van der Waals surface area contributed by atoms with Crippen molar-refractivity contribution < 1.29 is 0 Å². The third-order valence-electron chi connectivity index (χ3n) is 3.41. The summed E-state index contributed by atoms with van der Waals surface area (Å²) in [7, 11) is 0. The van der Waals surface area contributed by atoms with E-state index in [2.05, 4.69) is 69.3 Å². The SMILES string of the molecule is Cc1cccc(C(C)c2ccccc2)c1C. The van der Waals surface area contributed by atoms with E-state index >= 15 is 0 Å². The molecule has 1 unspecified atom stereocenters. The molecule has 0 heterocycles. The van der Waals surface area contributed by atoms with Gasteiger partial charge in [0.1, 0.15) is 0 Å². The number of hydrogen-bond donors (Lipinski definition) is 0. The van der Waals surface area contributed by atoms with Crippen molar-refractivity contribution in [3.05, 3.63) is 70.8 Å². The van der Waals surface area contributed by atoms with E-state index in [4.69, 9.17) is 0 Å². The summed E-state index contributed by atoms with van der Waals surface area (Å²) in [5, 5.41) is 0. The quantitative estimate of drug-likeness (QED) is 0.686. The standard InChI is InChI=1S/C16H18/c1-12-8-7-11-16(13(12)2)14(3)15-9-5-4-6-10-15/h4-11,14H,1-3H3. The van der Waals surface area contributed by atoms with E-state index in [-0.39, 0.29) is 0 Å². The second-order valence-electron chi connectivity index (χ2n) is 4.42. The zero-order valence-corrected chi connectivity index (χ0v) is 10.2. The molecule has 0 radical (unpaired) electrons. The zero-order valence-electron chi connectivity index (χ0n) is 10.2. The normalized spacial score (nSPS) is 12.4. The molecule has 0 aliphatic rings. The Bertz CT molecular complexity index is 469. The predicted octanol–water partition coefficient (Wildman–Crippen LogP) is 4.46. The highest BCUT2D eigenvalue weighted by Gasteiger charge is 2.10. The highest BCUT2D eigenvalue weighted by atomic mass is 14.1. The summed E-state index contributed by atoms with van der Waals surface area (Å²) < 4.78 is 0. The molecule has 0 saturated carbocycles. The molecular weight excluding hydrogens is 192 g/mol. The van der Waals surface area contributed by atoms with Crippen LogP contribution in [0, 0.1) is 13.8 Å².